The molecule has 0 amide bonds. The van der Waals surface area contributed by atoms with Gasteiger partial charge in [0, 0.05) is 10.9 Å². The second-order valence-electron chi connectivity index (χ2n) is 2.12. The highest BCUT2D eigenvalue weighted by atomic mass is 32.1. The molecule has 0 aliphatic heterocycles. The van der Waals surface area contributed by atoms with Crippen LogP contribution in [0.15, 0.2) is 24.3 Å². The van der Waals surface area contributed by atoms with Gasteiger partial charge in [-0.25, -0.2) is 0 Å². The molecule has 1 aromatic carbocycles. The molecular weight excluding hydrogens is 156 g/mol. The molecule has 1 aromatic rings. The van der Waals surface area contributed by atoms with Crippen molar-refractivity contribution in [2.75, 3.05) is 0 Å². The van der Waals surface area contributed by atoms with Crippen molar-refractivity contribution in [1.82, 2.24) is 0 Å². The summed E-state index contributed by atoms with van der Waals surface area (Å²) in [6.45, 7) is 0. The van der Waals surface area contributed by atoms with Crippen LogP contribution in [0, 0.1) is 5.41 Å². The van der Waals surface area contributed by atoms with Crippen LogP contribution in [-0.4, -0.2) is 11.2 Å². The van der Waals surface area contributed by atoms with Crippen molar-refractivity contribution in [2.24, 2.45) is 5.73 Å². The molecule has 3 heteroatoms. The van der Waals surface area contributed by atoms with Crippen LogP contribution in [0.1, 0.15) is 11.1 Å². The number of hydrogen-bond donors (Lipinski definition) is 2. The van der Waals surface area contributed by atoms with Crippen LogP contribution in [0.2, 0.25) is 0 Å². The highest BCUT2D eigenvalue weighted by Gasteiger charge is 1.99. The first-order chi connectivity index (χ1) is 5.25. The van der Waals surface area contributed by atoms with Crippen LogP contribution in [0.3, 0.4) is 0 Å². The highest BCUT2D eigenvalue weighted by Crippen LogP contribution is 2.04. The minimum Gasteiger partial charge on any atom is -0.384 e. The van der Waals surface area contributed by atoms with E-state index in [2.05, 4.69) is 0 Å². The third kappa shape index (κ3) is 1.62. The fourth-order valence-corrected chi connectivity index (χ4v) is 1.05. The van der Waals surface area contributed by atoms with Gasteiger partial charge in [-0.15, -0.1) is 0 Å². The summed E-state index contributed by atoms with van der Waals surface area (Å²) in [4.78, 5) is 0. The topological polar surface area (TPSA) is 49.9 Å². The standard InChI is InChI=1S/C8H8N2S/c9-8(10)7-4-2-1-3-6(7)5-11/h1-5H,(H3,9,10). The van der Waals surface area contributed by atoms with Crippen LogP contribution in [0.25, 0.3) is 0 Å². The van der Waals surface area contributed by atoms with Crippen molar-refractivity contribution in [1.29, 1.82) is 5.41 Å². The maximum atomic E-state index is 7.19. The lowest BCUT2D eigenvalue weighted by atomic mass is 10.1. The van der Waals surface area contributed by atoms with Gasteiger partial charge in [0.05, 0.1) is 0 Å². The Morgan fingerprint density at radius 3 is 2.55 bits per heavy atom. The van der Waals surface area contributed by atoms with E-state index in [-0.39, 0.29) is 5.84 Å². The second-order valence-corrected chi connectivity index (χ2v) is 2.35. The molecule has 0 aliphatic rings. The van der Waals surface area contributed by atoms with Crippen molar-refractivity contribution in [2.45, 2.75) is 0 Å². The first-order valence-corrected chi connectivity index (χ1v) is 3.61. The molecule has 0 saturated heterocycles. The molecule has 0 unspecified atom stereocenters. The van der Waals surface area contributed by atoms with Crippen LogP contribution < -0.4 is 5.73 Å². The van der Waals surface area contributed by atoms with E-state index >= 15 is 0 Å². The zero-order valence-corrected chi connectivity index (χ0v) is 6.69. The van der Waals surface area contributed by atoms with Crippen molar-refractivity contribution < 1.29 is 0 Å². The van der Waals surface area contributed by atoms with E-state index in [0.717, 1.165) is 5.56 Å². The molecule has 0 heterocycles. The molecule has 2 nitrogen and oxygen atoms in total. The van der Waals surface area contributed by atoms with E-state index in [9.17, 15) is 0 Å². The molecule has 1 rings (SSSR count). The van der Waals surface area contributed by atoms with Gasteiger partial charge in [-0.3, -0.25) is 5.41 Å². The van der Waals surface area contributed by atoms with Crippen LogP contribution in [-0.2, 0) is 0 Å². The van der Waals surface area contributed by atoms with Gasteiger partial charge < -0.3 is 5.73 Å². The molecule has 0 aromatic heterocycles. The van der Waals surface area contributed by atoms with Gasteiger partial charge >= 0.3 is 0 Å². The van der Waals surface area contributed by atoms with E-state index in [1.807, 2.05) is 18.2 Å². The second kappa shape index (κ2) is 3.25. The predicted molar refractivity (Wildman–Crippen MR) is 50.2 cm³/mol. The van der Waals surface area contributed by atoms with Crippen molar-refractivity contribution >= 4 is 23.4 Å². The Morgan fingerprint density at radius 2 is 2.09 bits per heavy atom. The van der Waals surface area contributed by atoms with Gasteiger partial charge in [0.15, 0.2) is 0 Å². The Morgan fingerprint density at radius 1 is 1.45 bits per heavy atom. The zero-order valence-electron chi connectivity index (χ0n) is 5.87. The molecule has 0 radical (unpaired) electrons. The van der Waals surface area contributed by atoms with E-state index in [0.29, 0.717) is 5.56 Å². The highest BCUT2D eigenvalue weighted by molar-refractivity contribution is 7.79. The number of hydrogen-bond acceptors (Lipinski definition) is 2. The Labute approximate surface area is 70.5 Å². The first kappa shape index (κ1) is 7.88. The molecule has 0 fully saturated rings. The van der Waals surface area contributed by atoms with E-state index < -0.39 is 0 Å². The Hall–Kier alpha value is -1.22. The summed E-state index contributed by atoms with van der Waals surface area (Å²) in [5.41, 5.74) is 6.83. The number of nitrogens with two attached hydrogens (primary N) is 1. The smallest absolute Gasteiger partial charge is 0.123 e. The molecule has 11 heavy (non-hydrogen) atoms. The molecule has 0 spiro atoms. The van der Waals surface area contributed by atoms with Gasteiger partial charge in [0.25, 0.3) is 0 Å². The fourth-order valence-electron chi connectivity index (χ4n) is 0.845. The van der Waals surface area contributed by atoms with Gasteiger partial charge in [-0.05, 0) is 5.56 Å². The SMILES string of the molecule is N=C(N)c1ccccc1C=S. The summed E-state index contributed by atoms with van der Waals surface area (Å²) in [7, 11) is 0. The quantitative estimate of drug-likeness (QED) is 0.393. The fraction of sp³-hybridized carbons (Fsp3) is 0. The number of amidine groups is 1. The summed E-state index contributed by atoms with van der Waals surface area (Å²) in [5.74, 6) is 0.0571. The summed E-state index contributed by atoms with van der Waals surface area (Å²) in [5, 5.41) is 8.72. The molecule has 0 aliphatic carbocycles. The van der Waals surface area contributed by atoms with E-state index in [1.54, 1.807) is 6.07 Å². The van der Waals surface area contributed by atoms with Gasteiger partial charge in [-0.1, -0.05) is 36.5 Å². The zero-order chi connectivity index (χ0) is 8.27. The summed E-state index contributed by atoms with van der Waals surface area (Å²) in [6.07, 6.45) is 0. The number of thiocarbonyl (C=S) groups is 1. The lowest BCUT2D eigenvalue weighted by Crippen LogP contribution is -2.13. The van der Waals surface area contributed by atoms with Gasteiger partial charge in [0.2, 0.25) is 0 Å². The number of rotatable bonds is 2. The molecule has 0 atom stereocenters. The summed E-state index contributed by atoms with van der Waals surface area (Å²) < 4.78 is 0. The van der Waals surface area contributed by atoms with Crippen molar-refractivity contribution in [3.8, 4) is 0 Å². The molecular formula is C8H8N2S. The third-order valence-electron chi connectivity index (χ3n) is 1.38. The van der Waals surface area contributed by atoms with Gasteiger partial charge in [-0.2, -0.15) is 0 Å². The summed E-state index contributed by atoms with van der Waals surface area (Å²) in [6, 6.07) is 7.31. The first-order valence-electron chi connectivity index (χ1n) is 3.14. The monoisotopic (exact) mass is 164 g/mol. The Bertz CT molecular complexity index is 294. The number of nitrogens with one attached hydrogen (secondary N) is 1. The average Bonchev–Trinajstić information content (AvgIpc) is 2.04. The molecule has 0 saturated carbocycles. The number of benzene rings is 1. The number of nitrogen functional groups attached to an aromatic ring is 1. The normalized spacial score (nSPS) is 9.09. The average molecular weight is 164 g/mol. The van der Waals surface area contributed by atoms with Crippen LogP contribution >= 0.6 is 12.2 Å². The molecule has 3 N–H and O–H groups in total. The van der Waals surface area contributed by atoms with Crippen molar-refractivity contribution in [3.05, 3.63) is 35.4 Å². The van der Waals surface area contributed by atoms with E-state index in [1.165, 1.54) is 5.37 Å². The minimum absolute atomic E-state index is 0.0571. The summed E-state index contributed by atoms with van der Waals surface area (Å²) >= 11 is 4.75. The van der Waals surface area contributed by atoms with Crippen molar-refractivity contribution in [3.63, 3.8) is 0 Å². The van der Waals surface area contributed by atoms with Gasteiger partial charge in [0.1, 0.15) is 5.84 Å². The van der Waals surface area contributed by atoms with E-state index in [4.69, 9.17) is 23.4 Å². The predicted octanol–water partition coefficient (Wildman–Crippen LogP) is 1.32. The maximum absolute atomic E-state index is 7.19. The van der Waals surface area contributed by atoms with Crippen LogP contribution in [0.5, 0.6) is 0 Å². The Kier molecular flexibility index (Phi) is 2.33. The molecule has 56 valence electrons. The lowest BCUT2D eigenvalue weighted by Gasteiger charge is -2.00. The third-order valence-corrected chi connectivity index (χ3v) is 1.63. The molecule has 0 bridgehead atoms. The van der Waals surface area contributed by atoms with Crippen LogP contribution in [0.4, 0.5) is 0 Å². The largest absolute Gasteiger partial charge is 0.384 e. The maximum Gasteiger partial charge on any atom is 0.123 e. The lowest BCUT2D eigenvalue weighted by molar-refractivity contribution is 1.42. The Balaban J connectivity index is 3.22. The minimum atomic E-state index is 0.0571.